The number of hydrogen-bond donors (Lipinski definition) is 0. The molecular weight excluding hydrogens is 422 g/mol. The normalized spacial score (nSPS) is 14.9. The van der Waals surface area contributed by atoms with E-state index in [-0.39, 0.29) is 11.8 Å². The summed E-state index contributed by atoms with van der Waals surface area (Å²) in [5.41, 5.74) is 5.27. The quantitative estimate of drug-likeness (QED) is 0.534. The molecule has 3 aromatic rings. The number of carbonyl (C=O) groups excluding carboxylic acids is 2. The van der Waals surface area contributed by atoms with Gasteiger partial charge in [-0.15, -0.1) is 0 Å². The second-order valence-corrected chi connectivity index (χ2v) is 9.01. The van der Waals surface area contributed by atoms with Crippen molar-refractivity contribution >= 4 is 29.1 Å². The van der Waals surface area contributed by atoms with Crippen molar-refractivity contribution in [1.82, 2.24) is 9.88 Å². The highest BCUT2D eigenvalue weighted by molar-refractivity contribution is 6.34. The molecule has 0 N–H and O–H groups in total. The molecule has 1 aromatic heterocycles. The average molecular weight is 446 g/mol. The van der Waals surface area contributed by atoms with Crippen LogP contribution in [-0.2, 0) is 17.9 Å². The smallest absolute Gasteiger partial charge is 0.256 e. The highest BCUT2D eigenvalue weighted by atomic mass is 35.5. The van der Waals surface area contributed by atoms with Crippen LogP contribution in [0.1, 0.15) is 41.3 Å². The molecule has 32 heavy (non-hydrogen) atoms. The van der Waals surface area contributed by atoms with Crippen molar-refractivity contribution in [3.63, 3.8) is 0 Å². The number of benzene rings is 2. The van der Waals surface area contributed by atoms with Gasteiger partial charge in [-0.25, -0.2) is 0 Å². The zero-order valence-electron chi connectivity index (χ0n) is 17.9. The second kappa shape index (κ2) is 8.40. The van der Waals surface area contributed by atoms with E-state index in [1.54, 1.807) is 18.0 Å². The van der Waals surface area contributed by atoms with Gasteiger partial charge in [-0.1, -0.05) is 41.9 Å². The van der Waals surface area contributed by atoms with Crippen LogP contribution in [0.3, 0.4) is 0 Å². The van der Waals surface area contributed by atoms with Crippen LogP contribution in [-0.4, -0.2) is 28.2 Å². The van der Waals surface area contributed by atoms with Crippen LogP contribution in [0.5, 0.6) is 0 Å². The number of halogens is 1. The Kier molecular flexibility index (Phi) is 5.43. The summed E-state index contributed by atoms with van der Waals surface area (Å²) in [4.78, 5) is 33.1. The molecule has 1 fully saturated rings. The number of anilines is 1. The summed E-state index contributed by atoms with van der Waals surface area (Å²) in [5, 5.41) is 0.523. The van der Waals surface area contributed by atoms with Gasteiger partial charge in [-0.05, 0) is 54.2 Å². The molecule has 0 saturated heterocycles. The van der Waals surface area contributed by atoms with E-state index >= 15 is 0 Å². The topological polar surface area (TPSA) is 53.5 Å². The van der Waals surface area contributed by atoms with E-state index in [1.807, 2.05) is 47.4 Å². The fraction of sp³-hybridized carbons (Fsp3) is 0.269. The minimum atomic E-state index is -0.0224. The van der Waals surface area contributed by atoms with Gasteiger partial charge < -0.3 is 9.80 Å². The summed E-state index contributed by atoms with van der Waals surface area (Å²) < 4.78 is 0. The third-order valence-electron chi connectivity index (χ3n) is 6.19. The number of fused-ring (bicyclic) bond motifs is 1. The second-order valence-electron chi connectivity index (χ2n) is 8.60. The van der Waals surface area contributed by atoms with Crippen LogP contribution >= 0.6 is 11.6 Å². The molecule has 1 aliphatic carbocycles. The Morgan fingerprint density at radius 2 is 1.78 bits per heavy atom. The van der Waals surface area contributed by atoms with Crippen LogP contribution in [0.25, 0.3) is 11.3 Å². The van der Waals surface area contributed by atoms with Gasteiger partial charge in [0, 0.05) is 38.3 Å². The first kappa shape index (κ1) is 20.7. The molecule has 2 heterocycles. The van der Waals surface area contributed by atoms with Gasteiger partial charge in [-0.2, -0.15) is 0 Å². The lowest BCUT2D eigenvalue weighted by Gasteiger charge is -2.22. The minimum absolute atomic E-state index is 0.00314. The first-order valence-corrected chi connectivity index (χ1v) is 11.3. The van der Waals surface area contributed by atoms with Gasteiger partial charge in [0.05, 0.1) is 22.0 Å². The summed E-state index contributed by atoms with van der Waals surface area (Å²) in [6.45, 7) is 3.54. The van der Waals surface area contributed by atoms with Crippen LogP contribution < -0.4 is 4.90 Å². The molecule has 2 amide bonds. The maximum atomic E-state index is 12.9. The zero-order chi connectivity index (χ0) is 22.2. The van der Waals surface area contributed by atoms with Crippen molar-refractivity contribution in [1.29, 1.82) is 0 Å². The molecule has 5 nitrogen and oxygen atoms in total. The average Bonchev–Trinajstić information content (AvgIpc) is 3.52. The highest BCUT2D eigenvalue weighted by Gasteiger charge is 2.27. The Morgan fingerprint density at radius 1 is 1.06 bits per heavy atom. The van der Waals surface area contributed by atoms with Gasteiger partial charge in [0.2, 0.25) is 5.91 Å². The molecule has 0 atom stereocenters. The molecular formula is C26H24ClN3O2. The van der Waals surface area contributed by atoms with Crippen molar-refractivity contribution in [2.24, 2.45) is 5.92 Å². The van der Waals surface area contributed by atoms with Gasteiger partial charge in [-0.3, -0.25) is 14.6 Å². The maximum absolute atomic E-state index is 12.9. The van der Waals surface area contributed by atoms with Crippen LogP contribution in [0.15, 0.2) is 60.8 Å². The fourth-order valence-corrected chi connectivity index (χ4v) is 4.47. The third kappa shape index (κ3) is 4.13. The van der Waals surface area contributed by atoms with Crippen LogP contribution in [0.4, 0.5) is 5.69 Å². The predicted octanol–water partition coefficient (Wildman–Crippen LogP) is 5.32. The molecule has 0 unspecified atom stereocenters. The van der Waals surface area contributed by atoms with Gasteiger partial charge in [0.15, 0.2) is 0 Å². The Labute approximate surface area is 192 Å². The standard InChI is InChI=1S/C26H24ClN3O2/c1-17(31)30(14-18-6-7-18)25-11-9-19(12-23(25)27)24-10-8-20(13-28-24)26(32)29-15-21-4-2-3-5-22(21)16-29/h2-5,8-13,18H,6-7,14-16H2,1H3. The number of hydrogen-bond acceptors (Lipinski definition) is 3. The summed E-state index contributed by atoms with van der Waals surface area (Å²) in [7, 11) is 0. The number of rotatable bonds is 5. The van der Waals surface area contributed by atoms with Crippen LogP contribution in [0.2, 0.25) is 5.02 Å². The lowest BCUT2D eigenvalue weighted by atomic mass is 10.1. The highest BCUT2D eigenvalue weighted by Crippen LogP contribution is 2.35. The Hall–Kier alpha value is -3.18. The summed E-state index contributed by atoms with van der Waals surface area (Å²) in [5.74, 6) is 0.548. The van der Waals surface area contributed by atoms with Crippen molar-refractivity contribution in [3.05, 3.63) is 82.5 Å². The van der Waals surface area contributed by atoms with Crippen molar-refractivity contribution in [3.8, 4) is 11.3 Å². The molecule has 0 radical (unpaired) electrons. The van der Waals surface area contributed by atoms with E-state index in [2.05, 4.69) is 17.1 Å². The summed E-state index contributed by atoms with van der Waals surface area (Å²) >= 11 is 6.55. The van der Waals surface area contributed by atoms with Crippen LogP contribution in [0, 0.1) is 5.92 Å². The number of nitrogens with zero attached hydrogens (tertiary/aromatic N) is 3. The number of carbonyl (C=O) groups is 2. The first-order valence-electron chi connectivity index (χ1n) is 10.9. The van der Waals surface area contributed by atoms with E-state index in [0.29, 0.717) is 36.1 Å². The number of pyridine rings is 1. The molecule has 6 heteroatoms. The van der Waals surface area contributed by atoms with Gasteiger partial charge >= 0.3 is 0 Å². The Balaban J connectivity index is 1.32. The molecule has 1 aliphatic heterocycles. The molecule has 162 valence electrons. The lowest BCUT2D eigenvalue weighted by molar-refractivity contribution is -0.116. The minimum Gasteiger partial charge on any atom is -0.330 e. The lowest BCUT2D eigenvalue weighted by Crippen LogP contribution is -2.30. The third-order valence-corrected chi connectivity index (χ3v) is 6.49. The molecule has 5 rings (SSSR count). The molecule has 2 aliphatic rings. The van der Waals surface area contributed by atoms with E-state index in [4.69, 9.17) is 11.6 Å². The van der Waals surface area contributed by atoms with Crippen molar-refractivity contribution in [2.75, 3.05) is 11.4 Å². The van der Waals surface area contributed by atoms with Crippen molar-refractivity contribution in [2.45, 2.75) is 32.9 Å². The Morgan fingerprint density at radius 3 is 2.34 bits per heavy atom. The van der Waals surface area contributed by atoms with E-state index in [1.165, 1.54) is 11.1 Å². The fourth-order valence-electron chi connectivity index (χ4n) is 4.19. The number of amides is 2. The molecule has 1 saturated carbocycles. The summed E-state index contributed by atoms with van der Waals surface area (Å²) in [6.07, 6.45) is 3.95. The SMILES string of the molecule is CC(=O)N(CC1CC1)c1ccc(-c2ccc(C(=O)N3Cc4ccccc4C3)cn2)cc1Cl. The van der Waals surface area contributed by atoms with Crippen molar-refractivity contribution < 1.29 is 9.59 Å². The zero-order valence-corrected chi connectivity index (χ0v) is 18.7. The van der Waals surface area contributed by atoms with Gasteiger partial charge in [0.1, 0.15) is 0 Å². The predicted molar refractivity (Wildman–Crippen MR) is 125 cm³/mol. The molecule has 2 aromatic carbocycles. The number of aromatic nitrogens is 1. The Bertz CT molecular complexity index is 1160. The first-order chi connectivity index (χ1) is 15.5. The molecule has 0 bridgehead atoms. The van der Waals surface area contributed by atoms with E-state index < -0.39 is 0 Å². The summed E-state index contributed by atoms with van der Waals surface area (Å²) in [6, 6.07) is 17.4. The monoisotopic (exact) mass is 445 g/mol. The van der Waals surface area contributed by atoms with E-state index in [0.717, 1.165) is 29.8 Å². The largest absolute Gasteiger partial charge is 0.330 e. The molecule has 0 spiro atoms. The van der Waals surface area contributed by atoms with Gasteiger partial charge in [0.25, 0.3) is 5.91 Å². The maximum Gasteiger partial charge on any atom is 0.256 e. The van der Waals surface area contributed by atoms with E-state index in [9.17, 15) is 9.59 Å².